The second-order valence-corrected chi connectivity index (χ2v) is 6.16. The van der Waals surface area contributed by atoms with Crippen molar-refractivity contribution >= 4 is 15.9 Å². The zero-order valence-electron chi connectivity index (χ0n) is 11.4. The maximum atomic E-state index is 5.84. The summed E-state index contributed by atoms with van der Waals surface area (Å²) in [6, 6.07) is 2.00. The van der Waals surface area contributed by atoms with Crippen molar-refractivity contribution in [3.05, 3.63) is 35.3 Å². The summed E-state index contributed by atoms with van der Waals surface area (Å²) in [5.74, 6) is 0.384. The molecule has 1 atom stereocenters. The number of ether oxygens (including phenoxy) is 2. The molecule has 0 saturated carbocycles. The molecular weight excluding hydrogens is 322 g/mol. The molecule has 1 saturated heterocycles. The van der Waals surface area contributed by atoms with Crippen LogP contribution in [-0.4, -0.2) is 33.0 Å². The number of hydrogen-bond donors (Lipinski definition) is 0. The summed E-state index contributed by atoms with van der Waals surface area (Å²) < 4.78 is 14.4. The Labute approximate surface area is 126 Å². The number of nitrogens with zero attached hydrogens (tertiary/aromatic N) is 3. The minimum atomic E-state index is -0.497. The zero-order valence-corrected chi connectivity index (χ0v) is 13.0. The van der Waals surface area contributed by atoms with Crippen molar-refractivity contribution in [2.75, 3.05) is 6.61 Å². The molecule has 0 radical (unpaired) electrons. The molecule has 0 aromatic carbocycles. The highest BCUT2D eigenvalue weighted by atomic mass is 79.9. The molecule has 2 aromatic rings. The number of pyridine rings is 1. The largest absolute Gasteiger partial charge is 0.348 e. The Morgan fingerprint density at radius 1 is 1.45 bits per heavy atom. The molecule has 0 N–H and O–H groups in total. The van der Waals surface area contributed by atoms with Gasteiger partial charge in [-0.3, -0.25) is 4.98 Å². The van der Waals surface area contributed by atoms with Gasteiger partial charge in [-0.05, 0) is 35.8 Å². The molecular formula is C14H16BrN3O2. The number of halogens is 1. The number of rotatable bonds is 3. The summed E-state index contributed by atoms with van der Waals surface area (Å²) in [6.07, 6.45) is 7.34. The van der Waals surface area contributed by atoms with Crippen molar-refractivity contribution < 1.29 is 9.47 Å². The van der Waals surface area contributed by atoms with E-state index in [1.54, 1.807) is 18.6 Å². The molecule has 106 valence electrons. The summed E-state index contributed by atoms with van der Waals surface area (Å²) in [5, 5.41) is 0. The van der Waals surface area contributed by atoms with Crippen LogP contribution >= 0.6 is 15.9 Å². The molecule has 1 aliphatic rings. The first kappa shape index (κ1) is 13.7. The molecule has 20 heavy (non-hydrogen) atoms. The lowest BCUT2D eigenvalue weighted by Gasteiger charge is -2.18. The molecule has 0 amide bonds. The van der Waals surface area contributed by atoms with Crippen LogP contribution in [0.15, 0.2) is 35.3 Å². The van der Waals surface area contributed by atoms with Crippen molar-refractivity contribution in [1.82, 2.24) is 14.5 Å². The summed E-state index contributed by atoms with van der Waals surface area (Å²) in [5.41, 5.74) is 0.975. The standard InChI is InChI=1S/C14H16BrN3O2/c1-14(2)19-9-12(20-14)8-18-4-3-17-13(18)10-5-11(15)7-16-6-10/h3-7,12H,8-9H2,1-2H3. The third-order valence-corrected chi connectivity index (χ3v) is 3.58. The third-order valence-electron chi connectivity index (χ3n) is 3.15. The molecule has 5 nitrogen and oxygen atoms in total. The highest BCUT2D eigenvalue weighted by Crippen LogP contribution is 2.25. The van der Waals surface area contributed by atoms with Crippen LogP contribution in [0.4, 0.5) is 0 Å². The SMILES string of the molecule is CC1(C)OCC(Cn2ccnc2-c2cncc(Br)c2)O1. The normalized spacial score (nSPS) is 21.2. The van der Waals surface area contributed by atoms with Crippen LogP contribution in [0.1, 0.15) is 13.8 Å². The molecule has 0 aliphatic carbocycles. The maximum absolute atomic E-state index is 5.84. The number of hydrogen-bond acceptors (Lipinski definition) is 4. The van der Waals surface area contributed by atoms with Gasteiger partial charge in [0, 0.05) is 34.8 Å². The molecule has 3 heterocycles. The van der Waals surface area contributed by atoms with Gasteiger partial charge in [-0.15, -0.1) is 0 Å². The van der Waals surface area contributed by atoms with E-state index in [9.17, 15) is 0 Å². The van der Waals surface area contributed by atoms with Crippen LogP contribution < -0.4 is 0 Å². The van der Waals surface area contributed by atoms with Crippen molar-refractivity contribution in [1.29, 1.82) is 0 Å². The first-order chi connectivity index (χ1) is 9.53. The topological polar surface area (TPSA) is 49.2 Å². The van der Waals surface area contributed by atoms with E-state index >= 15 is 0 Å². The summed E-state index contributed by atoms with van der Waals surface area (Å²) >= 11 is 3.43. The van der Waals surface area contributed by atoms with E-state index in [4.69, 9.17) is 9.47 Å². The monoisotopic (exact) mass is 337 g/mol. The minimum Gasteiger partial charge on any atom is -0.348 e. The van der Waals surface area contributed by atoms with E-state index in [0.29, 0.717) is 13.2 Å². The van der Waals surface area contributed by atoms with Crippen molar-refractivity contribution in [3.8, 4) is 11.4 Å². The van der Waals surface area contributed by atoms with Crippen LogP contribution in [0.2, 0.25) is 0 Å². The molecule has 1 fully saturated rings. The van der Waals surface area contributed by atoms with Crippen LogP contribution in [0.3, 0.4) is 0 Å². The van der Waals surface area contributed by atoms with Crippen LogP contribution in [-0.2, 0) is 16.0 Å². The van der Waals surface area contributed by atoms with Gasteiger partial charge in [-0.1, -0.05) is 0 Å². The summed E-state index contributed by atoms with van der Waals surface area (Å²) in [7, 11) is 0. The Morgan fingerprint density at radius 3 is 3.00 bits per heavy atom. The van der Waals surface area contributed by atoms with Gasteiger partial charge in [0.25, 0.3) is 0 Å². The average Bonchev–Trinajstić information content (AvgIpc) is 2.96. The molecule has 6 heteroatoms. The van der Waals surface area contributed by atoms with Gasteiger partial charge in [-0.25, -0.2) is 4.98 Å². The molecule has 1 unspecified atom stereocenters. The van der Waals surface area contributed by atoms with Gasteiger partial charge < -0.3 is 14.0 Å². The Balaban J connectivity index is 1.81. The Kier molecular flexibility index (Phi) is 3.62. The summed E-state index contributed by atoms with van der Waals surface area (Å²) in [4.78, 5) is 8.59. The van der Waals surface area contributed by atoms with Crippen LogP contribution in [0.25, 0.3) is 11.4 Å². The van der Waals surface area contributed by atoms with E-state index in [1.165, 1.54) is 0 Å². The van der Waals surface area contributed by atoms with E-state index in [-0.39, 0.29) is 6.10 Å². The molecule has 0 bridgehead atoms. The summed E-state index contributed by atoms with van der Waals surface area (Å²) in [6.45, 7) is 5.17. The third kappa shape index (κ3) is 2.92. The average molecular weight is 338 g/mol. The predicted molar refractivity (Wildman–Crippen MR) is 78.1 cm³/mol. The van der Waals surface area contributed by atoms with E-state index in [2.05, 4.69) is 30.5 Å². The molecule has 0 spiro atoms. The van der Waals surface area contributed by atoms with Crippen molar-refractivity contribution in [2.24, 2.45) is 0 Å². The lowest BCUT2D eigenvalue weighted by Crippen LogP contribution is -2.24. The van der Waals surface area contributed by atoms with E-state index in [1.807, 2.05) is 26.1 Å². The first-order valence-electron chi connectivity index (χ1n) is 6.47. The number of aromatic nitrogens is 3. The highest BCUT2D eigenvalue weighted by molar-refractivity contribution is 9.10. The smallest absolute Gasteiger partial charge is 0.163 e. The predicted octanol–water partition coefficient (Wildman–Crippen LogP) is 2.86. The zero-order chi connectivity index (χ0) is 14.2. The molecule has 3 rings (SSSR count). The quantitative estimate of drug-likeness (QED) is 0.864. The van der Waals surface area contributed by atoms with Gasteiger partial charge >= 0.3 is 0 Å². The number of imidazole rings is 1. The van der Waals surface area contributed by atoms with Gasteiger partial charge in [0.1, 0.15) is 11.9 Å². The molecule has 2 aromatic heterocycles. The van der Waals surface area contributed by atoms with Crippen molar-refractivity contribution in [3.63, 3.8) is 0 Å². The Morgan fingerprint density at radius 2 is 2.30 bits per heavy atom. The second-order valence-electron chi connectivity index (χ2n) is 5.25. The van der Waals surface area contributed by atoms with Crippen molar-refractivity contribution in [2.45, 2.75) is 32.3 Å². The van der Waals surface area contributed by atoms with E-state index in [0.717, 1.165) is 15.9 Å². The fourth-order valence-corrected chi connectivity index (χ4v) is 2.69. The maximum Gasteiger partial charge on any atom is 0.163 e. The second kappa shape index (κ2) is 5.27. The lowest BCUT2D eigenvalue weighted by atomic mass is 10.2. The van der Waals surface area contributed by atoms with Gasteiger partial charge in [0.15, 0.2) is 5.79 Å². The van der Waals surface area contributed by atoms with Gasteiger partial charge in [-0.2, -0.15) is 0 Å². The van der Waals surface area contributed by atoms with Crippen LogP contribution in [0, 0.1) is 0 Å². The first-order valence-corrected chi connectivity index (χ1v) is 7.27. The fraction of sp³-hybridized carbons (Fsp3) is 0.429. The Hall–Kier alpha value is -1.24. The van der Waals surface area contributed by atoms with Gasteiger partial charge in [0.2, 0.25) is 0 Å². The van der Waals surface area contributed by atoms with E-state index < -0.39 is 5.79 Å². The Bertz CT molecular complexity index is 612. The minimum absolute atomic E-state index is 0.0399. The van der Waals surface area contributed by atoms with Crippen LogP contribution in [0.5, 0.6) is 0 Å². The molecule has 1 aliphatic heterocycles. The highest BCUT2D eigenvalue weighted by Gasteiger charge is 2.33. The van der Waals surface area contributed by atoms with Gasteiger partial charge in [0.05, 0.1) is 13.2 Å². The fourth-order valence-electron chi connectivity index (χ4n) is 2.32. The lowest BCUT2D eigenvalue weighted by molar-refractivity contribution is -0.139.